The van der Waals surface area contributed by atoms with Crippen LogP contribution in [0.2, 0.25) is 0 Å². The number of rotatable bonds is 6. The number of carbonyl (C=O) groups is 1. The minimum atomic E-state index is -0.323. The van der Waals surface area contributed by atoms with Crippen LogP contribution < -0.4 is 14.3 Å². The number of methoxy groups -OCH3 is 2. The van der Waals surface area contributed by atoms with Crippen molar-refractivity contribution in [2.45, 2.75) is 6.54 Å². The Morgan fingerprint density at radius 3 is 2.52 bits per heavy atom. The van der Waals surface area contributed by atoms with Crippen molar-refractivity contribution < 1.29 is 14.3 Å². The molecule has 3 aromatic rings. The molecule has 5 nitrogen and oxygen atoms in total. The van der Waals surface area contributed by atoms with Gasteiger partial charge < -0.3 is 14.0 Å². The van der Waals surface area contributed by atoms with E-state index in [-0.39, 0.29) is 5.91 Å². The Morgan fingerprint density at radius 2 is 1.89 bits per heavy atom. The molecule has 0 saturated carbocycles. The number of thioether (sulfide) groups is 1. The summed E-state index contributed by atoms with van der Waals surface area (Å²) in [5.41, 5.74) is 1.51. The van der Waals surface area contributed by atoms with Crippen molar-refractivity contribution in [1.29, 1.82) is 0 Å². The first-order chi connectivity index (χ1) is 13.0. The number of carbonyl (C=O) groups excluding carboxylic acids is 1. The summed E-state index contributed by atoms with van der Waals surface area (Å²) >= 11 is 6.77. The number of aromatic nitrogens is 1. The monoisotopic (exact) mass is 466 g/mol. The summed E-state index contributed by atoms with van der Waals surface area (Å²) in [6.45, 7) is 0.788. The van der Waals surface area contributed by atoms with Crippen LogP contribution in [0.3, 0.4) is 0 Å². The van der Waals surface area contributed by atoms with Gasteiger partial charge in [0.05, 0.1) is 24.4 Å². The van der Waals surface area contributed by atoms with Crippen LogP contribution in [-0.2, 0) is 6.54 Å². The molecule has 0 bridgehead atoms. The Labute approximate surface area is 174 Å². The second-order valence-electron chi connectivity index (χ2n) is 5.66. The minimum absolute atomic E-state index is 0.323. The highest BCUT2D eigenvalue weighted by atomic mass is 79.9. The SMILES string of the molecule is COc1cc(OC)cc(C(=O)N=c2sc3cc(Br)ccc3n2CCSC)c1. The van der Waals surface area contributed by atoms with Crippen LogP contribution in [0.5, 0.6) is 11.5 Å². The maximum Gasteiger partial charge on any atom is 0.279 e. The average Bonchev–Trinajstić information content (AvgIpc) is 3.01. The third-order valence-electron chi connectivity index (χ3n) is 3.96. The quantitative estimate of drug-likeness (QED) is 0.533. The van der Waals surface area contributed by atoms with Crippen molar-refractivity contribution in [3.63, 3.8) is 0 Å². The van der Waals surface area contributed by atoms with E-state index >= 15 is 0 Å². The highest BCUT2D eigenvalue weighted by Gasteiger charge is 2.12. The van der Waals surface area contributed by atoms with Crippen LogP contribution in [0.15, 0.2) is 45.9 Å². The summed E-state index contributed by atoms with van der Waals surface area (Å²) in [5.74, 6) is 1.73. The van der Waals surface area contributed by atoms with E-state index in [1.165, 1.54) is 11.3 Å². The number of benzene rings is 2. The van der Waals surface area contributed by atoms with Gasteiger partial charge >= 0.3 is 0 Å². The number of nitrogens with zero attached hydrogens (tertiary/aromatic N) is 2. The van der Waals surface area contributed by atoms with Crippen molar-refractivity contribution in [3.05, 3.63) is 51.2 Å². The van der Waals surface area contributed by atoms with Gasteiger partial charge in [0.1, 0.15) is 11.5 Å². The zero-order chi connectivity index (χ0) is 19.4. The summed E-state index contributed by atoms with van der Waals surface area (Å²) in [6, 6.07) is 11.2. The standard InChI is InChI=1S/C19H19BrN2O3S2/c1-24-14-8-12(9-15(11-14)25-2)18(23)21-19-22(6-7-26-3)16-5-4-13(20)10-17(16)27-19/h4-5,8-11H,6-7H2,1-3H3. The van der Waals surface area contributed by atoms with Gasteiger partial charge in [0.25, 0.3) is 5.91 Å². The van der Waals surface area contributed by atoms with Gasteiger partial charge in [0.15, 0.2) is 4.80 Å². The van der Waals surface area contributed by atoms with Crippen LogP contribution in [0.4, 0.5) is 0 Å². The molecule has 0 aliphatic rings. The van der Waals surface area contributed by atoms with E-state index in [9.17, 15) is 4.79 Å². The van der Waals surface area contributed by atoms with E-state index < -0.39 is 0 Å². The minimum Gasteiger partial charge on any atom is -0.497 e. The molecule has 0 atom stereocenters. The van der Waals surface area contributed by atoms with Crippen LogP contribution in [-0.4, -0.2) is 36.7 Å². The van der Waals surface area contributed by atoms with E-state index in [0.29, 0.717) is 21.9 Å². The highest BCUT2D eigenvalue weighted by molar-refractivity contribution is 9.10. The molecule has 1 amide bonds. The van der Waals surface area contributed by atoms with Crippen LogP contribution in [0.25, 0.3) is 10.2 Å². The van der Waals surface area contributed by atoms with Crippen LogP contribution in [0, 0.1) is 0 Å². The number of aryl methyl sites for hydroxylation is 1. The zero-order valence-electron chi connectivity index (χ0n) is 15.2. The number of ether oxygens (including phenoxy) is 2. The fourth-order valence-corrected chi connectivity index (χ4v) is 4.58. The number of hydrogen-bond acceptors (Lipinski definition) is 5. The van der Waals surface area contributed by atoms with Gasteiger partial charge in [0.2, 0.25) is 0 Å². The smallest absolute Gasteiger partial charge is 0.279 e. The largest absolute Gasteiger partial charge is 0.497 e. The molecule has 0 fully saturated rings. The molecule has 8 heteroatoms. The van der Waals surface area contributed by atoms with Gasteiger partial charge in [-0.1, -0.05) is 27.3 Å². The molecule has 1 aromatic heterocycles. The van der Waals surface area contributed by atoms with Crippen molar-refractivity contribution in [2.24, 2.45) is 4.99 Å². The molecular weight excluding hydrogens is 448 g/mol. The average molecular weight is 467 g/mol. The molecular formula is C19H19BrN2O3S2. The summed E-state index contributed by atoms with van der Waals surface area (Å²) in [4.78, 5) is 17.9. The Bertz CT molecular complexity index is 1020. The Morgan fingerprint density at radius 1 is 1.19 bits per heavy atom. The summed E-state index contributed by atoms with van der Waals surface area (Å²) < 4.78 is 14.7. The molecule has 0 aliphatic carbocycles. The lowest BCUT2D eigenvalue weighted by Crippen LogP contribution is -2.18. The molecule has 0 saturated heterocycles. The summed E-state index contributed by atoms with van der Waals surface area (Å²) in [6.07, 6.45) is 2.07. The number of fused-ring (bicyclic) bond motifs is 1. The number of halogens is 1. The lowest BCUT2D eigenvalue weighted by molar-refractivity contribution is 0.0997. The normalized spacial score (nSPS) is 11.8. The maximum absolute atomic E-state index is 12.8. The Hall–Kier alpha value is -1.77. The molecule has 0 spiro atoms. The fourth-order valence-electron chi connectivity index (χ4n) is 2.61. The van der Waals surface area contributed by atoms with Crippen LogP contribution >= 0.6 is 39.0 Å². The molecule has 1 heterocycles. The molecule has 0 N–H and O–H groups in total. The van der Waals surface area contributed by atoms with Gasteiger partial charge in [0, 0.05) is 28.4 Å². The van der Waals surface area contributed by atoms with Gasteiger partial charge in [-0.25, -0.2) is 0 Å². The molecule has 27 heavy (non-hydrogen) atoms. The van der Waals surface area contributed by atoms with E-state index in [2.05, 4.69) is 31.7 Å². The number of hydrogen-bond donors (Lipinski definition) is 0. The van der Waals surface area contributed by atoms with E-state index in [4.69, 9.17) is 9.47 Å². The van der Waals surface area contributed by atoms with Gasteiger partial charge in [-0.15, -0.1) is 0 Å². The summed E-state index contributed by atoms with van der Waals surface area (Å²) in [5, 5.41) is 0. The summed E-state index contributed by atoms with van der Waals surface area (Å²) in [7, 11) is 3.11. The molecule has 0 unspecified atom stereocenters. The van der Waals surface area contributed by atoms with Crippen molar-refractivity contribution in [1.82, 2.24) is 4.57 Å². The van der Waals surface area contributed by atoms with E-state index in [1.807, 2.05) is 18.2 Å². The first-order valence-corrected chi connectivity index (χ1v) is 11.2. The van der Waals surface area contributed by atoms with Crippen molar-refractivity contribution >= 4 is 55.2 Å². The third kappa shape index (κ3) is 4.56. The zero-order valence-corrected chi connectivity index (χ0v) is 18.4. The molecule has 0 radical (unpaired) electrons. The fraction of sp³-hybridized carbons (Fsp3) is 0.263. The number of amides is 1. The van der Waals surface area contributed by atoms with E-state index in [1.54, 1.807) is 44.2 Å². The molecule has 2 aromatic carbocycles. The molecule has 0 aliphatic heterocycles. The Balaban J connectivity index is 2.10. The van der Waals surface area contributed by atoms with Gasteiger partial charge in [-0.3, -0.25) is 4.79 Å². The molecule has 142 valence electrons. The third-order valence-corrected chi connectivity index (χ3v) is 6.08. The lowest BCUT2D eigenvalue weighted by atomic mass is 10.2. The topological polar surface area (TPSA) is 52.8 Å². The lowest BCUT2D eigenvalue weighted by Gasteiger charge is -2.06. The molecule has 3 rings (SSSR count). The second-order valence-corrected chi connectivity index (χ2v) is 8.57. The Kier molecular flexibility index (Phi) is 6.62. The predicted molar refractivity (Wildman–Crippen MR) is 115 cm³/mol. The van der Waals surface area contributed by atoms with Crippen LogP contribution in [0.1, 0.15) is 10.4 Å². The highest BCUT2D eigenvalue weighted by Crippen LogP contribution is 2.24. The number of thiazole rings is 1. The van der Waals surface area contributed by atoms with E-state index in [0.717, 1.165) is 27.0 Å². The first-order valence-electron chi connectivity index (χ1n) is 8.15. The first kappa shape index (κ1) is 20.0. The van der Waals surface area contributed by atoms with Gasteiger partial charge in [-0.05, 0) is 36.6 Å². The van der Waals surface area contributed by atoms with Crippen molar-refractivity contribution in [2.75, 3.05) is 26.2 Å². The van der Waals surface area contributed by atoms with Crippen molar-refractivity contribution in [3.8, 4) is 11.5 Å². The maximum atomic E-state index is 12.8. The second kappa shape index (κ2) is 8.95. The van der Waals surface area contributed by atoms with Gasteiger partial charge in [-0.2, -0.15) is 16.8 Å². The predicted octanol–water partition coefficient (Wildman–Crippen LogP) is 4.59.